The van der Waals surface area contributed by atoms with Crippen molar-refractivity contribution >= 4 is 0 Å². The molecule has 1 aliphatic rings. The number of nitrogens with zero attached hydrogens (tertiary/aromatic N) is 2. The first kappa shape index (κ1) is 14.5. The average Bonchev–Trinajstić information content (AvgIpc) is 2.42. The normalized spacial score (nSPS) is 18.1. The zero-order valence-corrected chi connectivity index (χ0v) is 12.3. The lowest BCUT2D eigenvalue weighted by Crippen LogP contribution is -2.41. The Morgan fingerprint density at radius 3 is 2.21 bits per heavy atom. The predicted molar refractivity (Wildman–Crippen MR) is 81.2 cm³/mol. The van der Waals surface area contributed by atoms with Gasteiger partial charge >= 0.3 is 0 Å². The molecule has 0 bridgehead atoms. The van der Waals surface area contributed by atoms with Crippen LogP contribution in [-0.4, -0.2) is 49.6 Å². The number of piperidine rings is 1. The van der Waals surface area contributed by atoms with Gasteiger partial charge in [-0.1, -0.05) is 24.3 Å². The Balaban J connectivity index is 1.82. The summed E-state index contributed by atoms with van der Waals surface area (Å²) in [5.41, 5.74) is 8.34. The monoisotopic (exact) mass is 261 g/mol. The molecule has 2 rings (SSSR count). The van der Waals surface area contributed by atoms with Gasteiger partial charge in [-0.2, -0.15) is 0 Å². The zero-order valence-electron chi connectivity index (χ0n) is 12.3. The van der Waals surface area contributed by atoms with E-state index in [9.17, 15) is 0 Å². The van der Waals surface area contributed by atoms with Crippen LogP contribution < -0.4 is 5.73 Å². The second kappa shape index (κ2) is 7.04. The third-order valence-electron chi connectivity index (χ3n) is 4.15. The maximum Gasteiger partial charge on any atom is 0.0233 e. The van der Waals surface area contributed by atoms with E-state index in [2.05, 4.69) is 48.2 Å². The quantitative estimate of drug-likeness (QED) is 0.876. The van der Waals surface area contributed by atoms with Crippen LogP contribution in [0.5, 0.6) is 0 Å². The second-order valence-corrected chi connectivity index (χ2v) is 5.83. The molecule has 0 radical (unpaired) electrons. The van der Waals surface area contributed by atoms with Gasteiger partial charge in [-0.3, -0.25) is 4.90 Å². The fourth-order valence-corrected chi connectivity index (χ4v) is 2.83. The molecule has 0 aromatic heterocycles. The minimum absolute atomic E-state index is 0.734. The van der Waals surface area contributed by atoms with Gasteiger partial charge in [0.1, 0.15) is 0 Å². The first-order chi connectivity index (χ1) is 9.19. The molecule has 1 aromatic carbocycles. The van der Waals surface area contributed by atoms with Gasteiger partial charge in [0, 0.05) is 12.6 Å². The van der Waals surface area contributed by atoms with Gasteiger partial charge in [-0.25, -0.2) is 0 Å². The highest BCUT2D eigenvalue weighted by atomic mass is 15.2. The Bertz CT molecular complexity index is 364. The predicted octanol–water partition coefficient (Wildman–Crippen LogP) is 1.71. The summed E-state index contributed by atoms with van der Waals surface area (Å²) in [4.78, 5) is 4.93. The Hall–Kier alpha value is -0.900. The van der Waals surface area contributed by atoms with Crippen LogP contribution in [0, 0.1) is 0 Å². The first-order valence-electron chi connectivity index (χ1n) is 7.35. The third kappa shape index (κ3) is 4.30. The molecule has 3 heteroatoms. The Labute approximate surface area is 117 Å². The lowest BCUT2D eigenvalue weighted by atomic mass is 10.0. The van der Waals surface area contributed by atoms with E-state index >= 15 is 0 Å². The molecular formula is C16H27N3. The van der Waals surface area contributed by atoms with Crippen LogP contribution in [0.1, 0.15) is 24.0 Å². The summed E-state index contributed by atoms with van der Waals surface area (Å²) in [5, 5.41) is 0. The number of hydrogen-bond acceptors (Lipinski definition) is 3. The van der Waals surface area contributed by atoms with E-state index in [1.807, 2.05) is 0 Å². The lowest BCUT2D eigenvalue weighted by Gasteiger charge is -2.35. The van der Waals surface area contributed by atoms with Crippen molar-refractivity contribution in [3.05, 3.63) is 35.4 Å². The summed E-state index contributed by atoms with van der Waals surface area (Å²) in [6.45, 7) is 4.25. The molecule has 2 N–H and O–H groups in total. The lowest BCUT2D eigenvalue weighted by molar-refractivity contribution is 0.140. The van der Waals surface area contributed by atoms with Gasteiger partial charge < -0.3 is 10.6 Å². The van der Waals surface area contributed by atoms with Crippen molar-refractivity contribution in [3.63, 3.8) is 0 Å². The van der Waals surface area contributed by atoms with Crippen molar-refractivity contribution < 1.29 is 0 Å². The maximum absolute atomic E-state index is 5.57. The minimum atomic E-state index is 0.734. The summed E-state index contributed by atoms with van der Waals surface area (Å²) >= 11 is 0. The number of hydrogen-bond donors (Lipinski definition) is 1. The molecule has 0 spiro atoms. The summed E-state index contributed by atoms with van der Waals surface area (Å²) < 4.78 is 0. The van der Waals surface area contributed by atoms with E-state index in [0.29, 0.717) is 0 Å². The van der Waals surface area contributed by atoms with E-state index < -0.39 is 0 Å². The van der Waals surface area contributed by atoms with E-state index in [0.717, 1.165) is 25.6 Å². The average molecular weight is 261 g/mol. The van der Waals surface area contributed by atoms with Crippen molar-refractivity contribution in [2.75, 3.05) is 33.7 Å². The summed E-state index contributed by atoms with van der Waals surface area (Å²) in [6, 6.07) is 9.71. The molecule has 0 amide bonds. The number of likely N-dealkylation sites (tertiary alicyclic amines) is 1. The highest BCUT2D eigenvalue weighted by molar-refractivity contribution is 5.22. The van der Waals surface area contributed by atoms with E-state index in [1.54, 1.807) is 0 Å². The Kier molecular flexibility index (Phi) is 5.37. The summed E-state index contributed by atoms with van der Waals surface area (Å²) in [6.07, 6.45) is 3.56. The molecule has 1 aromatic rings. The van der Waals surface area contributed by atoms with E-state index in [4.69, 9.17) is 5.73 Å². The molecule has 0 saturated carbocycles. The fraction of sp³-hybridized carbons (Fsp3) is 0.625. The number of rotatable bonds is 5. The number of benzene rings is 1. The molecule has 0 unspecified atom stereocenters. The molecule has 19 heavy (non-hydrogen) atoms. The smallest absolute Gasteiger partial charge is 0.0233 e. The van der Waals surface area contributed by atoms with Crippen LogP contribution in [-0.2, 0) is 13.0 Å². The van der Waals surface area contributed by atoms with Crippen LogP contribution in [0.15, 0.2) is 24.3 Å². The van der Waals surface area contributed by atoms with E-state index in [-0.39, 0.29) is 0 Å². The third-order valence-corrected chi connectivity index (χ3v) is 4.15. The van der Waals surface area contributed by atoms with Crippen LogP contribution in [0.4, 0.5) is 0 Å². The molecule has 1 heterocycles. The van der Waals surface area contributed by atoms with Crippen molar-refractivity contribution in [3.8, 4) is 0 Å². The molecule has 0 aliphatic carbocycles. The van der Waals surface area contributed by atoms with Gasteiger partial charge in [-0.05, 0) is 64.1 Å². The van der Waals surface area contributed by atoms with Crippen molar-refractivity contribution in [2.24, 2.45) is 5.73 Å². The number of nitrogens with two attached hydrogens (primary N) is 1. The molecular weight excluding hydrogens is 234 g/mol. The maximum atomic E-state index is 5.57. The molecule has 1 aliphatic heterocycles. The van der Waals surface area contributed by atoms with E-state index in [1.165, 1.54) is 37.1 Å². The van der Waals surface area contributed by atoms with Crippen molar-refractivity contribution in [1.29, 1.82) is 0 Å². The highest BCUT2D eigenvalue weighted by Gasteiger charge is 2.20. The molecule has 3 nitrogen and oxygen atoms in total. The highest BCUT2D eigenvalue weighted by Crippen LogP contribution is 2.17. The van der Waals surface area contributed by atoms with Crippen molar-refractivity contribution in [2.45, 2.75) is 31.8 Å². The fourth-order valence-electron chi connectivity index (χ4n) is 2.83. The molecule has 1 saturated heterocycles. The summed E-state index contributed by atoms with van der Waals surface area (Å²) in [5.74, 6) is 0. The zero-order chi connectivity index (χ0) is 13.7. The Morgan fingerprint density at radius 2 is 1.68 bits per heavy atom. The molecule has 106 valence electrons. The first-order valence-corrected chi connectivity index (χ1v) is 7.35. The second-order valence-electron chi connectivity index (χ2n) is 5.83. The van der Waals surface area contributed by atoms with Crippen LogP contribution in [0.25, 0.3) is 0 Å². The molecule has 0 atom stereocenters. The van der Waals surface area contributed by atoms with Crippen LogP contribution >= 0.6 is 0 Å². The molecule has 1 fully saturated rings. The topological polar surface area (TPSA) is 32.5 Å². The SMILES string of the molecule is CN(C)C1CCN(Cc2ccc(CCN)cc2)CC1. The largest absolute Gasteiger partial charge is 0.330 e. The minimum Gasteiger partial charge on any atom is -0.330 e. The van der Waals surface area contributed by atoms with Crippen LogP contribution in [0.2, 0.25) is 0 Å². The Morgan fingerprint density at radius 1 is 1.11 bits per heavy atom. The standard InChI is InChI=1S/C16H27N3/c1-18(2)16-8-11-19(12-9-16)13-15-5-3-14(4-6-15)7-10-17/h3-6,16H,7-13,17H2,1-2H3. The summed E-state index contributed by atoms with van der Waals surface area (Å²) in [7, 11) is 4.38. The van der Waals surface area contributed by atoms with Crippen LogP contribution in [0.3, 0.4) is 0 Å². The van der Waals surface area contributed by atoms with Gasteiger partial charge in [0.15, 0.2) is 0 Å². The van der Waals surface area contributed by atoms with Gasteiger partial charge in [0.2, 0.25) is 0 Å². The van der Waals surface area contributed by atoms with Gasteiger partial charge in [-0.15, -0.1) is 0 Å². The van der Waals surface area contributed by atoms with Gasteiger partial charge in [0.25, 0.3) is 0 Å². The van der Waals surface area contributed by atoms with Gasteiger partial charge in [0.05, 0.1) is 0 Å². The van der Waals surface area contributed by atoms with Crippen molar-refractivity contribution in [1.82, 2.24) is 9.80 Å².